The fourth-order valence-corrected chi connectivity index (χ4v) is 4.14. The van der Waals surface area contributed by atoms with E-state index in [1.54, 1.807) is 13.2 Å². The molecule has 1 aliphatic heterocycles. The van der Waals surface area contributed by atoms with Crippen LogP contribution in [0.15, 0.2) is 60.8 Å². The molecule has 0 radical (unpaired) electrons. The lowest BCUT2D eigenvalue weighted by Gasteiger charge is -2.20. The number of carboxylic acids is 1. The molecule has 5 rings (SSSR count). The molecule has 2 aromatic carbocycles. The summed E-state index contributed by atoms with van der Waals surface area (Å²) in [5.74, 6) is -0.0979. The van der Waals surface area contributed by atoms with Gasteiger partial charge >= 0.3 is 5.97 Å². The predicted molar refractivity (Wildman–Crippen MR) is 103 cm³/mol. The predicted octanol–water partition coefficient (Wildman–Crippen LogP) is 4.09. The summed E-state index contributed by atoms with van der Waals surface area (Å²) in [5, 5.41) is 10.6. The van der Waals surface area contributed by atoms with Crippen LogP contribution in [0, 0.1) is 0 Å². The van der Waals surface area contributed by atoms with Gasteiger partial charge in [-0.2, -0.15) is 0 Å². The van der Waals surface area contributed by atoms with E-state index in [1.807, 2.05) is 42.5 Å². The van der Waals surface area contributed by atoms with Crippen molar-refractivity contribution in [2.45, 2.75) is 13.0 Å². The van der Waals surface area contributed by atoms with Gasteiger partial charge in [-0.15, -0.1) is 0 Å². The van der Waals surface area contributed by atoms with Crippen molar-refractivity contribution >= 4 is 16.9 Å². The highest BCUT2D eigenvalue weighted by atomic mass is 16.5. The van der Waals surface area contributed by atoms with Crippen molar-refractivity contribution in [1.29, 1.82) is 0 Å². The van der Waals surface area contributed by atoms with Gasteiger partial charge in [-0.05, 0) is 54.1 Å². The number of fused-ring (bicyclic) bond motifs is 4. The average Bonchev–Trinajstić information content (AvgIpc) is 3.27. The first-order valence-electron chi connectivity index (χ1n) is 8.84. The Morgan fingerprint density at radius 2 is 1.89 bits per heavy atom. The molecule has 3 heterocycles. The zero-order valence-electron chi connectivity index (χ0n) is 14.8. The number of benzene rings is 2. The Hall–Kier alpha value is -3.47. The quantitative estimate of drug-likeness (QED) is 0.528. The van der Waals surface area contributed by atoms with E-state index in [1.165, 1.54) is 5.69 Å². The summed E-state index contributed by atoms with van der Waals surface area (Å²) in [4.78, 5) is 11.9. The zero-order chi connectivity index (χ0) is 18.5. The number of methoxy groups -OCH3 is 1. The maximum Gasteiger partial charge on any atom is 0.336 e. The molecule has 0 spiro atoms. The summed E-state index contributed by atoms with van der Waals surface area (Å²) in [6.45, 7) is 0.720. The first-order chi connectivity index (χ1) is 13.2. The zero-order valence-corrected chi connectivity index (χ0v) is 14.8. The standard InChI is InChI=1S/C22H18N2O3/c1-27-16-9-7-14(8-10-16)24-19-6-2-5-17(22(25)26)21(19)18-12-15-4-3-11-23(15)13-20(18)24/h2-11H,12-13H2,1H3,(H,25,26). The minimum atomic E-state index is -0.892. The number of aromatic carboxylic acids is 1. The number of hydrogen-bond acceptors (Lipinski definition) is 2. The van der Waals surface area contributed by atoms with E-state index in [-0.39, 0.29) is 0 Å². The fraction of sp³-hybridized carbons (Fsp3) is 0.136. The molecular formula is C22H18N2O3. The maximum absolute atomic E-state index is 11.9. The van der Waals surface area contributed by atoms with E-state index in [0.717, 1.165) is 46.6 Å². The largest absolute Gasteiger partial charge is 0.497 e. The Morgan fingerprint density at radius 1 is 1.07 bits per heavy atom. The molecule has 5 nitrogen and oxygen atoms in total. The van der Waals surface area contributed by atoms with Crippen LogP contribution < -0.4 is 4.74 Å². The second kappa shape index (κ2) is 5.77. The minimum Gasteiger partial charge on any atom is -0.497 e. The molecule has 0 bridgehead atoms. The number of carbonyl (C=O) groups is 1. The van der Waals surface area contributed by atoms with Crippen LogP contribution in [0.3, 0.4) is 0 Å². The Balaban J connectivity index is 1.83. The third kappa shape index (κ3) is 2.28. The van der Waals surface area contributed by atoms with Crippen LogP contribution in [-0.2, 0) is 13.0 Å². The molecule has 2 aromatic heterocycles. The van der Waals surface area contributed by atoms with Gasteiger partial charge in [-0.3, -0.25) is 0 Å². The highest BCUT2D eigenvalue weighted by Gasteiger charge is 2.26. The van der Waals surface area contributed by atoms with Crippen molar-refractivity contribution in [3.05, 3.63) is 83.3 Å². The van der Waals surface area contributed by atoms with Gasteiger partial charge in [0.15, 0.2) is 0 Å². The van der Waals surface area contributed by atoms with Gasteiger partial charge in [0.05, 0.1) is 24.7 Å². The number of hydrogen-bond donors (Lipinski definition) is 1. The Morgan fingerprint density at radius 3 is 2.63 bits per heavy atom. The summed E-state index contributed by atoms with van der Waals surface area (Å²) >= 11 is 0. The number of rotatable bonds is 3. The fourth-order valence-electron chi connectivity index (χ4n) is 4.14. The van der Waals surface area contributed by atoms with Gasteiger partial charge in [-0.25, -0.2) is 4.79 Å². The summed E-state index contributed by atoms with van der Waals surface area (Å²) in [6.07, 6.45) is 2.80. The maximum atomic E-state index is 11.9. The van der Waals surface area contributed by atoms with Crippen molar-refractivity contribution in [2.24, 2.45) is 0 Å². The van der Waals surface area contributed by atoms with Crippen molar-refractivity contribution in [3.63, 3.8) is 0 Å². The normalized spacial score (nSPS) is 12.6. The van der Waals surface area contributed by atoms with Crippen molar-refractivity contribution in [2.75, 3.05) is 7.11 Å². The van der Waals surface area contributed by atoms with E-state index in [4.69, 9.17) is 4.74 Å². The molecule has 1 N–H and O–H groups in total. The molecule has 1 aliphatic rings. The Labute approximate surface area is 156 Å². The van der Waals surface area contributed by atoms with Crippen molar-refractivity contribution < 1.29 is 14.6 Å². The third-order valence-electron chi connectivity index (χ3n) is 5.37. The van der Waals surface area contributed by atoms with E-state index in [0.29, 0.717) is 5.56 Å². The van der Waals surface area contributed by atoms with Gasteiger partial charge < -0.3 is 19.0 Å². The molecule has 134 valence electrons. The number of ether oxygens (including phenoxy) is 1. The third-order valence-corrected chi connectivity index (χ3v) is 5.37. The molecule has 0 fully saturated rings. The Kier molecular flexibility index (Phi) is 3.37. The molecular weight excluding hydrogens is 340 g/mol. The molecule has 27 heavy (non-hydrogen) atoms. The van der Waals surface area contributed by atoms with E-state index < -0.39 is 5.97 Å². The van der Waals surface area contributed by atoms with Crippen LogP contribution in [0.1, 0.15) is 27.3 Å². The first-order valence-corrected chi connectivity index (χ1v) is 8.84. The topological polar surface area (TPSA) is 56.4 Å². The van der Waals surface area contributed by atoms with E-state index in [2.05, 4.69) is 21.4 Å². The molecule has 0 atom stereocenters. The lowest BCUT2D eigenvalue weighted by molar-refractivity contribution is 0.0699. The van der Waals surface area contributed by atoms with Crippen LogP contribution in [0.4, 0.5) is 0 Å². The number of nitrogens with zero attached hydrogens (tertiary/aromatic N) is 2. The number of carboxylic acid groups (broad SMARTS) is 1. The minimum absolute atomic E-state index is 0.357. The summed E-state index contributed by atoms with van der Waals surface area (Å²) < 4.78 is 9.69. The van der Waals surface area contributed by atoms with Gasteiger partial charge in [0.2, 0.25) is 0 Å². The van der Waals surface area contributed by atoms with Crippen LogP contribution >= 0.6 is 0 Å². The smallest absolute Gasteiger partial charge is 0.336 e. The summed E-state index contributed by atoms with van der Waals surface area (Å²) in [6, 6.07) is 17.5. The molecule has 0 aliphatic carbocycles. The monoisotopic (exact) mass is 358 g/mol. The van der Waals surface area contributed by atoms with Gasteiger partial charge in [0.25, 0.3) is 0 Å². The van der Waals surface area contributed by atoms with Crippen LogP contribution in [0.2, 0.25) is 0 Å². The van der Waals surface area contributed by atoms with Crippen LogP contribution in [-0.4, -0.2) is 27.3 Å². The van der Waals surface area contributed by atoms with Crippen molar-refractivity contribution in [3.8, 4) is 11.4 Å². The van der Waals surface area contributed by atoms with Crippen LogP contribution in [0.25, 0.3) is 16.6 Å². The second-order valence-electron chi connectivity index (χ2n) is 6.77. The second-order valence-corrected chi connectivity index (χ2v) is 6.77. The van der Waals surface area contributed by atoms with Crippen molar-refractivity contribution in [1.82, 2.24) is 9.13 Å². The average molecular weight is 358 g/mol. The number of aromatic nitrogens is 2. The van der Waals surface area contributed by atoms with Gasteiger partial charge in [0.1, 0.15) is 5.75 Å². The Bertz CT molecular complexity index is 1180. The molecule has 5 heteroatoms. The summed E-state index contributed by atoms with van der Waals surface area (Å²) in [5.41, 5.74) is 5.72. The van der Waals surface area contributed by atoms with Crippen LogP contribution in [0.5, 0.6) is 5.75 Å². The molecule has 0 saturated heterocycles. The van der Waals surface area contributed by atoms with E-state index >= 15 is 0 Å². The lowest BCUT2D eigenvalue weighted by atomic mass is 9.99. The summed E-state index contributed by atoms with van der Waals surface area (Å²) in [7, 11) is 1.65. The first kappa shape index (κ1) is 15.8. The van der Waals surface area contributed by atoms with Gasteiger partial charge in [-0.1, -0.05) is 6.07 Å². The highest BCUT2D eigenvalue weighted by Crippen LogP contribution is 2.37. The van der Waals surface area contributed by atoms with Gasteiger partial charge in [0, 0.05) is 35.1 Å². The highest BCUT2D eigenvalue weighted by molar-refractivity contribution is 6.05. The molecule has 0 amide bonds. The SMILES string of the molecule is COc1ccc(-n2c3c(c4c(C(=O)O)cccc42)Cc2cccn2C3)cc1. The van der Waals surface area contributed by atoms with E-state index in [9.17, 15) is 9.90 Å². The molecule has 4 aromatic rings. The molecule has 0 unspecified atom stereocenters. The lowest BCUT2D eigenvalue weighted by Crippen LogP contribution is -2.15. The molecule has 0 saturated carbocycles.